The van der Waals surface area contributed by atoms with E-state index in [4.69, 9.17) is 24.4 Å². The van der Waals surface area contributed by atoms with Gasteiger partial charge in [0.2, 0.25) is 11.8 Å². The number of rotatable bonds is 5. The van der Waals surface area contributed by atoms with E-state index in [0.29, 0.717) is 29.1 Å². The molecule has 6 aromatic carbocycles. The molecular weight excluding hydrogens is 566 g/mol. The van der Waals surface area contributed by atoms with Gasteiger partial charge in [0.15, 0.2) is 17.2 Å². The van der Waals surface area contributed by atoms with E-state index in [9.17, 15) is 0 Å². The van der Waals surface area contributed by atoms with Crippen molar-refractivity contribution in [2.45, 2.75) is 0 Å². The standard InChI is InChI=1S/C40H25N5O/c1-3-11-26(12-4-1)27-19-21-28(22-20-27)37-42-38(30-23-24-33-36(25-30)46-39(41-33)29-13-5-2-6-14-29)44-40(43-37)45-34-17-9-7-15-31(34)32-16-8-10-18-35(32)45/h1-25H. The van der Waals surface area contributed by atoms with E-state index < -0.39 is 0 Å². The molecule has 0 aliphatic rings. The molecule has 0 N–H and O–H groups in total. The van der Waals surface area contributed by atoms with Gasteiger partial charge in [-0.2, -0.15) is 9.97 Å². The molecule has 3 aromatic heterocycles. The minimum atomic E-state index is 0.548. The second-order valence-corrected chi connectivity index (χ2v) is 11.2. The first-order valence-electron chi connectivity index (χ1n) is 15.2. The Morgan fingerprint density at radius 2 is 0.935 bits per heavy atom. The van der Waals surface area contributed by atoms with Gasteiger partial charge in [0.1, 0.15) is 5.52 Å². The highest BCUT2D eigenvalue weighted by Crippen LogP contribution is 2.33. The normalized spacial score (nSPS) is 11.5. The number of nitrogens with zero attached hydrogens (tertiary/aromatic N) is 5. The highest BCUT2D eigenvalue weighted by molar-refractivity contribution is 6.09. The van der Waals surface area contributed by atoms with Crippen LogP contribution in [0.5, 0.6) is 0 Å². The van der Waals surface area contributed by atoms with Gasteiger partial charge in [0, 0.05) is 27.5 Å². The van der Waals surface area contributed by atoms with Gasteiger partial charge in [-0.3, -0.25) is 4.57 Å². The van der Waals surface area contributed by atoms with Crippen molar-refractivity contribution in [1.29, 1.82) is 0 Å². The first-order chi connectivity index (χ1) is 22.8. The van der Waals surface area contributed by atoms with Crippen LogP contribution < -0.4 is 0 Å². The molecule has 0 radical (unpaired) electrons. The molecule has 6 heteroatoms. The summed E-state index contributed by atoms with van der Waals surface area (Å²) in [4.78, 5) is 19.9. The van der Waals surface area contributed by atoms with E-state index in [1.165, 1.54) is 0 Å². The van der Waals surface area contributed by atoms with Gasteiger partial charge in [0.25, 0.3) is 0 Å². The summed E-state index contributed by atoms with van der Waals surface area (Å²) in [7, 11) is 0. The summed E-state index contributed by atoms with van der Waals surface area (Å²) < 4.78 is 8.34. The minimum absolute atomic E-state index is 0.548. The van der Waals surface area contributed by atoms with Crippen LogP contribution in [0.1, 0.15) is 0 Å². The van der Waals surface area contributed by atoms with Crippen LogP contribution >= 0.6 is 0 Å². The summed E-state index contributed by atoms with van der Waals surface area (Å²) in [5.74, 6) is 2.26. The van der Waals surface area contributed by atoms with Crippen LogP contribution in [-0.2, 0) is 0 Å². The average molecular weight is 592 g/mol. The third kappa shape index (κ3) is 4.43. The van der Waals surface area contributed by atoms with Crippen molar-refractivity contribution in [2.75, 3.05) is 0 Å². The fourth-order valence-corrected chi connectivity index (χ4v) is 6.07. The van der Waals surface area contributed by atoms with Gasteiger partial charge in [-0.1, -0.05) is 109 Å². The molecule has 0 amide bonds. The fraction of sp³-hybridized carbons (Fsp3) is 0. The first kappa shape index (κ1) is 26.0. The lowest BCUT2D eigenvalue weighted by Gasteiger charge is -2.11. The van der Waals surface area contributed by atoms with Gasteiger partial charge < -0.3 is 4.42 Å². The second kappa shape index (κ2) is 10.6. The minimum Gasteiger partial charge on any atom is -0.436 e. The molecule has 0 bridgehead atoms. The number of benzene rings is 6. The van der Waals surface area contributed by atoms with Crippen molar-refractivity contribution in [3.8, 4) is 51.3 Å². The van der Waals surface area contributed by atoms with Gasteiger partial charge in [-0.05, 0) is 53.6 Å². The molecule has 0 spiro atoms. The van der Waals surface area contributed by atoms with Crippen molar-refractivity contribution in [3.63, 3.8) is 0 Å². The van der Waals surface area contributed by atoms with Crippen LogP contribution in [0.2, 0.25) is 0 Å². The number of aromatic nitrogens is 5. The number of hydrogen-bond acceptors (Lipinski definition) is 5. The number of oxazole rings is 1. The Bertz CT molecular complexity index is 2460. The van der Waals surface area contributed by atoms with Crippen LogP contribution in [0, 0.1) is 0 Å². The van der Waals surface area contributed by atoms with Crippen LogP contribution in [0.3, 0.4) is 0 Å². The maximum absolute atomic E-state index is 6.22. The van der Waals surface area contributed by atoms with E-state index in [1.807, 2.05) is 78.9 Å². The summed E-state index contributed by atoms with van der Waals surface area (Å²) in [6.07, 6.45) is 0. The lowest BCUT2D eigenvalue weighted by Crippen LogP contribution is -2.06. The number of fused-ring (bicyclic) bond motifs is 4. The smallest absolute Gasteiger partial charge is 0.238 e. The molecule has 0 aliphatic heterocycles. The molecule has 0 saturated carbocycles. The first-order valence-corrected chi connectivity index (χ1v) is 15.2. The Hall–Kier alpha value is -6.40. The number of hydrogen-bond donors (Lipinski definition) is 0. The Morgan fingerprint density at radius 1 is 0.413 bits per heavy atom. The van der Waals surface area contributed by atoms with E-state index in [2.05, 4.69) is 77.4 Å². The van der Waals surface area contributed by atoms with Crippen LogP contribution in [0.15, 0.2) is 156 Å². The van der Waals surface area contributed by atoms with Crippen LogP contribution in [-0.4, -0.2) is 24.5 Å². The molecule has 0 fully saturated rings. The highest BCUT2D eigenvalue weighted by atomic mass is 16.3. The molecule has 6 nitrogen and oxygen atoms in total. The van der Waals surface area contributed by atoms with E-state index in [-0.39, 0.29) is 0 Å². The van der Waals surface area contributed by atoms with Crippen molar-refractivity contribution in [1.82, 2.24) is 24.5 Å². The second-order valence-electron chi connectivity index (χ2n) is 11.2. The van der Waals surface area contributed by atoms with Gasteiger partial charge >= 0.3 is 0 Å². The summed E-state index contributed by atoms with van der Waals surface area (Å²) in [5, 5.41) is 2.29. The summed E-state index contributed by atoms with van der Waals surface area (Å²) in [6, 6.07) is 51.3. The van der Waals surface area contributed by atoms with E-state index in [1.54, 1.807) is 0 Å². The zero-order valence-electron chi connectivity index (χ0n) is 24.6. The zero-order chi connectivity index (χ0) is 30.5. The largest absolute Gasteiger partial charge is 0.436 e. The molecule has 3 heterocycles. The quantitative estimate of drug-likeness (QED) is 0.199. The monoisotopic (exact) mass is 591 g/mol. The Kier molecular flexibility index (Phi) is 6.03. The SMILES string of the molecule is c1ccc(-c2ccc(-c3nc(-c4ccc5nc(-c6ccccc6)oc5c4)nc(-n4c5ccccc5c5ccccc54)n3)cc2)cc1. The maximum atomic E-state index is 6.22. The third-order valence-electron chi connectivity index (χ3n) is 8.32. The molecular formula is C40H25N5O. The van der Waals surface area contributed by atoms with Crippen molar-refractivity contribution < 1.29 is 4.42 Å². The predicted octanol–water partition coefficient (Wildman–Crippen LogP) is 9.78. The van der Waals surface area contributed by atoms with Gasteiger partial charge in [-0.25, -0.2) is 9.97 Å². The third-order valence-corrected chi connectivity index (χ3v) is 8.32. The summed E-state index contributed by atoms with van der Waals surface area (Å²) >= 11 is 0. The lowest BCUT2D eigenvalue weighted by molar-refractivity contribution is 0.620. The molecule has 216 valence electrons. The summed E-state index contributed by atoms with van der Waals surface area (Å²) in [5.41, 5.74) is 8.44. The maximum Gasteiger partial charge on any atom is 0.238 e. The van der Waals surface area contributed by atoms with Crippen molar-refractivity contribution in [2.24, 2.45) is 0 Å². The van der Waals surface area contributed by atoms with E-state index >= 15 is 0 Å². The van der Waals surface area contributed by atoms with Gasteiger partial charge in [-0.15, -0.1) is 0 Å². The molecule has 46 heavy (non-hydrogen) atoms. The van der Waals surface area contributed by atoms with Crippen molar-refractivity contribution in [3.05, 3.63) is 152 Å². The Balaban J connectivity index is 1.24. The zero-order valence-corrected chi connectivity index (χ0v) is 24.6. The number of para-hydroxylation sites is 2. The molecule has 0 saturated heterocycles. The molecule has 0 aliphatic carbocycles. The summed E-state index contributed by atoms with van der Waals surface area (Å²) in [6.45, 7) is 0. The average Bonchev–Trinajstić information content (AvgIpc) is 3.72. The van der Waals surface area contributed by atoms with Crippen molar-refractivity contribution >= 4 is 32.9 Å². The molecule has 9 aromatic rings. The van der Waals surface area contributed by atoms with E-state index in [0.717, 1.165) is 55.1 Å². The van der Waals surface area contributed by atoms with Gasteiger partial charge in [0.05, 0.1) is 11.0 Å². The van der Waals surface area contributed by atoms with Crippen LogP contribution in [0.4, 0.5) is 0 Å². The van der Waals surface area contributed by atoms with Crippen LogP contribution in [0.25, 0.3) is 84.2 Å². The molecule has 0 atom stereocenters. The topological polar surface area (TPSA) is 69.6 Å². The molecule has 9 rings (SSSR count). The fourth-order valence-electron chi connectivity index (χ4n) is 6.07. The predicted molar refractivity (Wildman–Crippen MR) is 183 cm³/mol. The Labute approximate surface area is 264 Å². The molecule has 0 unspecified atom stereocenters. The highest BCUT2D eigenvalue weighted by Gasteiger charge is 2.18. The Morgan fingerprint density at radius 3 is 1.61 bits per heavy atom. The lowest BCUT2D eigenvalue weighted by atomic mass is 10.0.